The van der Waals surface area contributed by atoms with Gasteiger partial charge in [0.2, 0.25) is 0 Å². The Morgan fingerprint density at radius 2 is 1.52 bits per heavy atom. The number of rotatable bonds is 4. The van der Waals surface area contributed by atoms with Crippen LogP contribution in [0.25, 0.3) is 0 Å². The number of aliphatic hydroxyl groups is 1. The topological polar surface area (TPSA) is 24.1 Å². The molecule has 120 valence electrons. The molecule has 0 radical (unpaired) electrons. The second-order valence-corrected chi connectivity index (χ2v) is 6.70. The molecule has 4 heteroatoms. The van der Waals surface area contributed by atoms with E-state index in [9.17, 15) is 5.11 Å². The molecule has 23 heavy (non-hydrogen) atoms. The summed E-state index contributed by atoms with van der Waals surface area (Å²) < 4.78 is 2.23. The average molecular weight is 391 g/mol. The fourth-order valence-corrected chi connectivity index (χ4v) is 3.72. The Bertz CT molecular complexity index is 756. The molecular formula is C19H20BrNOS. The van der Waals surface area contributed by atoms with Crippen molar-refractivity contribution >= 4 is 11.3 Å². The molecule has 0 amide bonds. The summed E-state index contributed by atoms with van der Waals surface area (Å²) in [5, 5.41) is 11.8. The maximum absolute atomic E-state index is 10.8. The first-order valence-corrected chi connectivity index (χ1v) is 8.25. The maximum atomic E-state index is 10.8. The first-order valence-electron chi connectivity index (χ1n) is 7.43. The summed E-state index contributed by atoms with van der Waals surface area (Å²) in [6.45, 7) is 5.02. The summed E-state index contributed by atoms with van der Waals surface area (Å²) in [4.78, 5) is 1.25. The van der Waals surface area contributed by atoms with E-state index in [1.807, 2.05) is 36.4 Å². The Balaban J connectivity index is 0.00000192. The molecule has 3 aromatic rings. The minimum absolute atomic E-state index is 0. The Kier molecular flexibility index (Phi) is 6.10. The molecule has 0 aliphatic heterocycles. The Hall–Kier alpha value is -1.49. The van der Waals surface area contributed by atoms with E-state index in [-0.39, 0.29) is 17.0 Å². The minimum atomic E-state index is -0.581. The number of benzene rings is 2. The highest BCUT2D eigenvalue weighted by molar-refractivity contribution is 7.11. The monoisotopic (exact) mass is 390 g/mol. The predicted molar refractivity (Wildman–Crippen MR) is 90.0 cm³/mol. The molecule has 0 saturated heterocycles. The number of aromatic nitrogens is 1. The number of nitrogens with zero attached hydrogens (tertiary/aromatic N) is 1. The number of thiazole rings is 1. The minimum Gasteiger partial charge on any atom is -1.00 e. The van der Waals surface area contributed by atoms with Gasteiger partial charge >= 0.3 is 0 Å². The molecule has 0 bridgehead atoms. The highest BCUT2D eigenvalue weighted by Gasteiger charge is 2.28. The van der Waals surface area contributed by atoms with Crippen molar-refractivity contribution < 1.29 is 26.7 Å². The van der Waals surface area contributed by atoms with Gasteiger partial charge in [-0.15, -0.1) is 0 Å². The molecule has 3 rings (SSSR count). The molecule has 1 heterocycles. The normalized spacial score (nSPS) is 11.8. The molecule has 1 aromatic heterocycles. The van der Waals surface area contributed by atoms with Crippen molar-refractivity contribution in [3.8, 4) is 0 Å². The van der Waals surface area contributed by atoms with Crippen molar-refractivity contribution in [1.82, 2.24) is 0 Å². The van der Waals surface area contributed by atoms with Crippen molar-refractivity contribution in [3.05, 3.63) is 87.4 Å². The standard InChI is InChI=1S/C19H20NOS.BrH/c1-14-15(2)22-19(18(21)17-11-7-4-8-12-17)20(14)13-16-9-5-3-6-10-16;/h3-12,18,21H,13H2,1-2H3;1H/q+1;/p-1/i18+1;. The van der Waals surface area contributed by atoms with Gasteiger partial charge in [0.05, 0.1) is 4.88 Å². The molecule has 2 aromatic carbocycles. The van der Waals surface area contributed by atoms with Gasteiger partial charge in [0.1, 0.15) is 0 Å². The van der Waals surface area contributed by atoms with E-state index in [1.165, 1.54) is 16.1 Å². The molecule has 1 N–H and O–H groups in total. The van der Waals surface area contributed by atoms with Crippen molar-refractivity contribution in [2.75, 3.05) is 0 Å². The molecule has 0 aliphatic carbocycles. The van der Waals surface area contributed by atoms with Crippen LogP contribution in [0.2, 0.25) is 0 Å². The van der Waals surface area contributed by atoms with E-state index < -0.39 is 6.10 Å². The highest BCUT2D eigenvalue weighted by Crippen LogP contribution is 2.26. The lowest BCUT2D eigenvalue weighted by Crippen LogP contribution is -3.00. The third-order valence-corrected chi connectivity index (χ3v) is 5.23. The Morgan fingerprint density at radius 1 is 0.957 bits per heavy atom. The molecule has 0 fully saturated rings. The van der Waals surface area contributed by atoms with Crippen LogP contribution in [-0.2, 0) is 6.54 Å². The van der Waals surface area contributed by atoms with Crippen LogP contribution in [0.5, 0.6) is 0 Å². The number of aryl methyl sites for hydroxylation is 1. The number of aliphatic hydroxyl groups excluding tert-OH is 1. The van der Waals surface area contributed by atoms with E-state index in [0.717, 1.165) is 17.1 Å². The van der Waals surface area contributed by atoms with Gasteiger partial charge in [-0.05, 0) is 12.5 Å². The molecular weight excluding hydrogens is 371 g/mol. The van der Waals surface area contributed by atoms with Gasteiger partial charge in [-0.1, -0.05) is 72.0 Å². The van der Waals surface area contributed by atoms with Gasteiger partial charge in [-0.2, -0.15) is 4.57 Å². The second-order valence-electron chi connectivity index (χ2n) is 5.47. The summed E-state index contributed by atoms with van der Waals surface area (Å²) in [6.07, 6.45) is -0.581. The molecule has 0 aliphatic rings. The van der Waals surface area contributed by atoms with Crippen LogP contribution in [-0.4, -0.2) is 5.11 Å². The van der Waals surface area contributed by atoms with E-state index in [0.29, 0.717) is 0 Å². The maximum Gasteiger partial charge on any atom is 0.271 e. The second kappa shape index (κ2) is 7.86. The summed E-state index contributed by atoms with van der Waals surface area (Å²) in [7, 11) is 0. The zero-order valence-corrected chi connectivity index (χ0v) is 15.6. The summed E-state index contributed by atoms with van der Waals surface area (Å²) >= 11 is 1.68. The molecule has 0 saturated carbocycles. The van der Waals surface area contributed by atoms with E-state index in [2.05, 4.69) is 42.7 Å². The van der Waals surface area contributed by atoms with E-state index >= 15 is 0 Å². The van der Waals surface area contributed by atoms with Crippen LogP contribution < -0.4 is 21.5 Å². The van der Waals surface area contributed by atoms with Crippen LogP contribution in [0.15, 0.2) is 60.7 Å². The van der Waals surface area contributed by atoms with E-state index in [1.54, 1.807) is 11.3 Å². The van der Waals surface area contributed by atoms with Crippen LogP contribution >= 0.6 is 11.3 Å². The fraction of sp³-hybridized carbons (Fsp3) is 0.211. The SMILES string of the molecule is Cc1sc([13CH](O)c2ccccc2)[n+](Cc2ccccc2)c1C.[Br-]. The quantitative estimate of drug-likeness (QED) is 0.516. The van der Waals surface area contributed by atoms with Crippen LogP contribution in [0.4, 0.5) is 0 Å². The third kappa shape index (κ3) is 3.89. The highest BCUT2D eigenvalue weighted by atomic mass is 79.9. The Morgan fingerprint density at radius 3 is 2.13 bits per heavy atom. The first-order chi connectivity index (χ1) is 10.7. The van der Waals surface area contributed by atoms with Gasteiger partial charge in [-0.3, -0.25) is 0 Å². The van der Waals surface area contributed by atoms with Gasteiger partial charge in [0, 0.05) is 12.5 Å². The molecule has 2 nitrogen and oxygen atoms in total. The van der Waals surface area contributed by atoms with Gasteiger partial charge < -0.3 is 22.1 Å². The molecule has 1 atom stereocenters. The number of hydrogen-bond donors (Lipinski definition) is 1. The largest absolute Gasteiger partial charge is 1.00 e. The average Bonchev–Trinajstić information content (AvgIpc) is 2.84. The van der Waals surface area contributed by atoms with Crippen molar-refractivity contribution in [2.45, 2.75) is 26.5 Å². The van der Waals surface area contributed by atoms with E-state index in [4.69, 9.17) is 0 Å². The lowest BCUT2D eigenvalue weighted by molar-refractivity contribution is -0.699. The van der Waals surface area contributed by atoms with Crippen molar-refractivity contribution in [2.24, 2.45) is 0 Å². The summed E-state index contributed by atoms with van der Waals surface area (Å²) in [5.74, 6) is 0. The van der Waals surface area contributed by atoms with Crippen molar-refractivity contribution in [1.29, 1.82) is 0 Å². The van der Waals surface area contributed by atoms with Gasteiger partial charge in [-0.25, -0.2) is 0 Å². The third-order valence-electron chi connectivity index (χ3n) is 3.97. The zero-order chi connectivity index (χ0) is 15.5. The first kappa shape index (κ1) is 17.9. The lowest BCUT2D eigenvalue weighted by atomic mass is 10.2. The summed E-state index contributed by atoms with van der Waals surface area (Å²) in [6, 6.07) is 20.2. The zero-order valence-electron chi connectivity index (χ0n) is 13.2. The predicted octanol–water partition coefficient (Wildman–Crippen LogP) is 0.786. The summed E-state index contributed by atoms with van der Waals surface area (Å²) in [5.41, 5.74) is 3.40. The van der Waals surface area contributed by atoms with Crippen molar-refractivity contribution in [3.63, 3.8) is 0 Å². The van der Waals surface area contributed by atoms with Crippen LogP contribution in [0, 0.1) is 13.8 Å². The lowest BCUT2D eigenvalue weighted by Gasteiger charge is -2.08. The fourth-order valence-electron chi connectivity index (χ4n) is 2.58. The number of halogens is 1. The Labute approximate surface area is 151 Å². The molecule has 1 unspecified atom stereocenters. The number of hydrogen-bond acceptors (Lipinski definition) is 2. The van der Waals surface area contributed by atoms with Crippen LogP contribution in [0.1, 0.15) is 32.8 Å². The van der Waals surface area contributed by atoms with Gasteiger partial charge in [0.15, 0.2) is 18.3 Å². The molecule has 0 spiro atoms. The smallest absolute Gasteiger partial charge is 0.271 e. The van der Waals surface area contributed by atoms with Gasteiger partial charge in [0.25, 0.3) is 5.01 Å². The van der Waals surface area contributed by atoms with Crippen LogP contribution in [0.3, 0.4) is 0 Å².